The lowest BCUT2D eigenvalue weighted by atomic mass is 9.94. The first-order valence-corrected chi connectivity index (χ1v) is 14.9. The molecule has 218 valence electrons. The number of ether oxygens (including phenoxy) is 3. The molecule has 3 heterocycles. The molecule has 4 aromatic rings. The van der Waals surface area contributed by atoms with Crippen LogP contribution < -0.4 is 14.4 Å². The average Bonchev–Trinajstić information content (AvgIpc) is 2.96. The Labute approximate surface area is 242 Å². The molecule has 1 atom stereocenters. The number of methoxy groups -OCH3 is 1. The zero-order valence-corrected chi connectivity index (χ0v) is 24.7. The largest absolute Gasteiger partial charge is 0.477 e. The molecule has 41 heavy (non-hydrogen) atoms. The van der Waals surface area contributed by atoms with Crippen molar-refractivity contribution < 1.29 is 28.1 Å². The van der Waals surface area contributed by atoms with E-state index in [1.54, 1.807) is 25.1 Å². The normalized spacial score (nSPS) is 17.4. The number of aliphatic hydroxyl groups is 1. The molecule has 8 nitrogen and oxygen atoms in total. The molecular weight excluding hydrogens is 550 g/mol. The SMILES string of the molecule is CCOc1nc(-c2cc(OCOC)cc3ccc(F)c(CC)c23)c(F)c2nc(SC)nc(N3CCC[C@@](C)(O)C3)c12. The molecule has 0 saturated carbocycles. The maximum atomic E-state index is 16.8. The summed E-state index contributed by atoms with van der Waals surface area (Å²) in [6, 6.07) is 6.46. The van der Waals surface area contributed by atoms with E-state index < -0.39 is 11.4 Å². The van der Waals surface area contributed by atoms with Gasteiger partial charge in [-0.2, -0.15) is 0 Å². The molecule has 0 radical (unpaired) electrons. The van der Waals surface area contributed by atoms with Crippen molar-refractivity contribution >= 4 is 39.3 Å². The zero-order chi connectivity index (χ0) is 29.3. The lowest BCUT2D eigenvalue weighted by Gasteiger charge is -2.38. The van der Waals surface area contributed by atoms with E-state index in [9.17, 15) is 5.11 Å². The number of hydrogen-bond donors (Lipinski definition) is 1. The van der Waals surface area contributed by atoms with Gasteiger partial charge in [0.05, 0.1) is 12.2 Å². The van der Waals surface area contributed by atoms with Gasteiger partial charge in [0, 0.05) is 25.8 Å². The van der Waals surface area contributed by atoms with Gasteiger partial charge in [0.25, 0.3) is 0 Å². The second-order valence-corrected chi connectivity index (χ2v) is 11.1. The van der Waals surface area contributed by atoms with Crippen molar-refractivity contribution in [3.05, 3.63) is 41.5 Å². The molecule has 0 amide bonds. The number of halogens is 2. The van der Waals surface area contributed by atoms with Gasteiger partial charge in [0.2, 0.25) is 5.88 Å². The van der Waals surface area contributed by atoms with Crippen molar-refractivity contribution in [2.45, 2.75) is 50.8 Å². The van der Waals surface area contributed by atoms with E-state index in [-0.39, 0.29) is 36.3 Å². The van der Waals surface area contributed by atoms with Crippen molar-refractivity contribution in [1.82, 2.24) is 15.0 Å². The number of anilines is 1. The Morgan fingerprint density at radius 3 is 2.59 bits per heavy atom. The summed E-state index contributed by atoms with van der Waals surface area (Å²) in [4.78, 5) is 15.9. The van der Waals surface area contributed by atoms with E-state index in [2.05, 4.69) is 4.98 Å². The summed E-state index contributed by atoms with van der Waals surface area (Å²) in [6.07, 6.45) is 3.61. The molecule has 0 unspecified atom stereocenters. The van der Waals surface area contributed by atoms with Crippen LogP contribution in [0.5, 0.6) is 11.6 Å². The molecule has 11 heteroatoms. The minimum atomic E-state index is -0.922. The Morgan fingerprint density at radius 1 is 1.10 bits per heavy atom. The number of thioether (sulfide) groups is 1. The maximum absolute atomic E-state index is 16.8. The molecule has 1 aliphatic rings. The van der Waals surface area contributed by atoms with E-state index in [4.69, 9.17) is 24.2 Å². The molecule has 2 aromatic carbocycles. The molecule has 1 saturated heterocycles. The zero-order valence-electron chi connectivity index (χ0n) is 23.9. The Balaban J connectivity index is 1.85. The highest BCUT2D eigenvalue weighted by atomic mass is 32.2. The van der Waals surface area contributed by atoms with Gasteiger partial charge in [-0.25, -0.2) is 23.7 Å². The first-order valence-electron chi connectivity index (χ1n) is 13.6. The van der Waals surface area contributed by atoms with Gasteiger partial charge in [-0.15, -0.1) is 0 Å². The van der Waals surface area contributed by atoms with Crippen LogP contribution in [0.1, 0.15) is 39.2 Å². The smallest absolute Gasteiger partial charge is 0.227 e. The Kier molecular flexibility index (Phi) is 8.49. The van der Waals surface area contributed by atoms with E-state index in [1.165, 1.54) is 24.9 Å². The van der Waals surface area contributed by atoms with Crippen LogP contribution in [-0.2, 0) is 11.2 Å². The third-order valence-corrected chi connectivity index (χ3v) is 7.79. The van der Waals surface area contributed by atoms with Gasteiger partial charge in [0.15, 0.2) is 17.8 Å². The van der Waals surface area contributed by atoms with Gasteiger partial charge in [-0.3, -0.25) is 0 Å². The van der Waals surface area contributed by atoms with Crippen LogP contribution in [0.4, 0.5) is 14.6 Å². The maximum Gasteiger partial charge on any atom is 0.227 e. The Bertz CT molecular complexity index is 1600. The monoisotopic (exact) mass is 584 g/mol. The van der Waals surface area contributed by atoms with Crippen LogP contribution in [0.2, 0.25) is 0 Å². The molecule has 1 fully saturated rings. The molecule has 0 spiro atoms. The highest BCUT2D eigenvalue weighted by Gasteiger charge is 2.33. The molecular formula is C30H34F2N4O4S. The van der Waals surface area contributed by atoms with Crippen molar-refractivity contribution in [1.29, 1.82) is 0 Å². The summed E-state index contributed by atoms with van der Waals surface area (Å²) in [5.41, 5.74) is -0.106. The second-order valence-electron chi connectivity index (χ2n) is 10.3. The predicted octanol–water partition coefficient (Wildman–Crippen LogP) is 6.14. The Morgan fingerprint density at radius 2 is 1.90 bits per heavy atom. The standard InChI is InChI=1S/C30H34F2N4O4S/c1-6-19-21(31)10-9-17-13-18(40-16-38-4)14-20(22(17)19)25-24(32)26-23(28(33-25)39-7-2)27(35-29(34-26)41-5)36-12-8-11-30(3,37)15-36/h9-10,13-14,37H,6-8,11-12,15-16H2,1-5H3/t30-/m1/s1. The third-order valence-electron chi connectivity index (χ3n) is 7.24. The van der Waals surface area contributed by atoms with Crippen molar-refractivity contribution in [2.75, 3.05) is 44.8 Å². The second kappa shape index (κ2) is 11.9. The van der Waals surface area contributed by atoms with Crippen molar-refractivity contribution in [2.24, 2.45) is 0 Å². The van der Waals surface area contributed by atoms with E-state index in [1.807, 2.05) is 25.0 Å². The van der Waals surface area contributed by atoms with Gasteiger partial charge in [0.1, 0.15) is 34.0 Å². The van der Waals surface area contributed by atoms with Gasteiger partial charge in [-0.05, 0) is 73.9 Å². The number of nitrogens with zero attached hydrogens (tertiary/aromatic N) is 4. The summed E-state index contributed by atoms with van der Waals surface area (Å²) < 4.78 is 48.7. The number of piperidine rings is 1. The van der Waals surface area contributed by atoms with Crippen LogP contribution in [0.25, 0.3) is 32.9 Å². The summed E-state index contributed by atoms with van der Waals surface area (Å²) in [7, 11) is 1.51. The molecule has 1 N–H and O–H groups in total. The fourth-order valence-electron chi connectivity index (χ4n) is 5.47. The quantitative estimate of drug-likeness (QED) is 0.142. The summed E-state index contributed by atoms with van der Waals surface area (Å²) in [5.74, 6) is -0.0150. The minimum absolute atomic E-state index is 0.0160. The summed E-state index contributed by atoms with van der Waals surface area (Å²) in [6.45, 7) is 6.66. The topological polar surface area (TPSA) is 89.8 Å². The first kappa shape index (κ1) is 29.2. The molecule has 5 rings (SSSR count). The van der Waals surface area contributed by atoms with Gasteiger partial charge < -0.3 is 24.2 Å². The van der Waals surface area contributed by atoms with E-state index in [0.29, 0.717) is 69.9 Å². The van der Waals surface area contributed by atoms with E-state index >= 15 is 8.78 Å². The van der Waals surface area contributed by atoms with Crippen LogP contribution >= 0.6 is 11.8 Å². The fraction of sp³-hybridized carbons (Fsp3) is 0.433. The van der Waals surface area contributed by atoms with Crippen molar-refractivity contribution in [3.8, 4) is 22.9 Å². The fourth-order valence-corrected chi connectivity index (χ4v) is 5.84. The van der Waals surface area contributed by atoms with Crippen molar-refractivity contribution in [3.63, 3.8) is 0 Å². The molecule has 0 aliphatic carbocycles. The van der Waals surface area contributed by atoms with Gasteiger partial charge in [-0.1, -0.05) is 24.8 Å². The summed E-state index contributed by atoms with van der Waals surface area (Å²) >= 11 is 1.29. The number of pyridine rings is 1. The highest BCUT2D eigenvalue weighted by Crippen LogP contribution is 2.43. The number of benzene rings is 2. The molecule has 2 aromatic heterocycles. The number of aromatic nitrogens is 3. The van der Waals surface area contributed by atoms with Crippen LogP contribution in [0.3, 0.4) is 0 Å². The number of hydrogen-bond acceptors (Lipinski definition) is 9. The summed E-state index contributed by atoms with van der Waals surface area (Å²) in [5, 5.41) is 12.7. The van der Waals surface area contributed by atoms with E-state index in [0.717, 1.165) is 6.42 Å². The predicted molar refractivity (Wildman–Crippen MR) is 157 cm³/mol. The molecule has 0 bridgehead atoms. The minimum Gasteiger partial charge on any atom is -0.477 e. The van der Waals surface area contributed by atoms with Crippen LogP contribution in [0, 0.1) is 11.6 Å². The number of fused-ring (bicyclic) bond motifs is 2. The first-order chi connectivity index (χ1) is 19.7. The lowest BCUT2D eigenvalue weighted by molar-refractivity contribution is 0.0447. The molecule has 1 aliphatic heterocycles. The third kappa shape index (κ3) is 5.62. The lowest BCUT2D eigenvalue weighted by Crippen LogP contribution is -2.46. The van der Waals surface area contributed by atoms with Gasteiger partial charge >= 0.3 is 0 Å². The number of aryl methyl sites for hydroxylation is 1. The van der Waals surface area contributed by atoms with Crippen LogP contribution in [0.15, 0.2) is 29.4 Å². The highest BCUT2D eigenvalue weighted by molar-refractivity contribution is 7.98. The Hall–Kier alpha value is -3.28. The average molecular weight is 585 g/mol. The number of rotatable bonds is 9. The van der Waals surface area contributed by atoms with Crippen LogP contribution in [-0.4, -0.2) is 65.5 Å². The number of β-amino-alcohol motifs (C(OH)–C–C–N with tert-alkyl or cyclic N) is 1.